The van der Waals surface area contributed by atoms with Crippen molar-refractivity contribution in [3.63, 3.8) is 0 Å². The first kappa shape index (κ1) is 19.6. The number of para-hydroxylation sites is 1. The number of carbonyl (C=O) groups excluding carboxylic acids is 2. The van der Waals surface area contributed by atoms with Crippen LogP contribution in [0.4, 0.5) is 5.69 Å². The van der Waals surface area contributed by atoms with Gasteiger partial charge in [-0.1, -0.05) is 66.2 Å². The molecular formula is C26H21ClN2O2. The Bertz CT molecular complexity index is 1230. The van der Waals surface area contributed by atoms with Crippen LogP contribution in [0.1, 0.15) is 22.3 Å². The van der Waals surface area contributed by atoms with Crippen LogP contribution in [0.3, 0.4) is 0 Å². The summed E-state index contributed by atoms with van der Waals surface area (Å²) in [4.78, 5) is 30.7. The zero-order chi connectivity index (χ0) is 21.5. The second kappa shape index (κ2) is 7.71. The summed E-state index contributed by atoms with van der Waals surface area (Å²) in [6, 6.07) is 22.9. The van der Waals surface area contributed by atoms with Gasteiger partial charge in [0.1, 0.15) is 5.70 Å². The summed E-state index contributed by atoms with van der Waals surface area (Å²) in [7, 11) is 0. The lowest BCUT2D eigenvalue weighted by molar-refractivity contribution is -0.120. The van der Waals surface area contributed by atoms with Crippen LogP contribution < -0.4 is 4.90 Å². The van der Waals surface area contributed by atoms with E-state index in [0.29, 0.717) is 40.6 Å². The van der Waals surface area contributed by atoms with Gasteiger partial charge in [-0.2, -0.15) is 0 Å². The Labute approximate surface area is 186 Å². The molecule has 0 aromatic heterocycles. The molecule has 5 heteroatoms. The van der Waals surface area contributed by atoms with Crippen molar-refractivity contribution in [2.75, 3.05) is 11.4 Å². The van der Waals surface area contributed by atoms with E-state index in [4.69, 9.17) is 11.6 Å². The van der Waals surface area contributed by atoms with Gasteiger partial charge >= 0.3 is 0 Å². The molecule has 0 spiro atoms. The third-order valence-corrected chi connectivity index (χ3v) is 6.25. The van der Waals surface area contributed by atoms with Gasteiger partial charge in [-0.05, 0) is 53.8 Å². The van der Waals surface area contributed by atoms with E-state index in [9.17, 15) is 9.59 Å². The van der Waals surface area contributed by atoms with E-state index < -0.39 is 0 Å². The summed E-state index contributed by atoms with van der Waals surface area (Å²) in [6.45, 7) is 3.19. The van der Waals surface area contributed by atoms with Gasteiger partial charge in [-0.3, -0.25) is 9.59 Å². The van der Waals surface area contributed by atoms with Crippen LogP contribution >= 0.6 is 11.6 Å². The molecule has 2 heterocycles. The monoisotopic (exact) mass is 428 g/mol. The van der Waals surface area contributed by atoms with Gasteiger partial charge in [0.05, 0.1) is 11.3 Å². The Balaban J connectivity index is 1.64. The molecule has 0 unspecified atom stereocenters. The van der Waals surface area contributed by atoms with E-state index >= 15 is 0 Å². The molecule has 0 atom stereocenters. The van der Waals surface area contributed by atoms with Gasteiger partial charge in [-0.15, -0.1) is 0 Å². The van der Waals surface area contributed by atoms with E-state index in [1.807, 2.05) is 60.4 Å². The van der Waals surface area contributed by atoms with E-state index in [1.54, 1.807) is 12.1 Å². The highest BCUT2D eigenvalue weighted by Gasteiger charge is 2.43. The number of nitrogens with zero attached hydrogens (tertiary/aromatic N) is 2. The zero-order valence-electron chi connectivity index (χ0n) is 17.1. The minimum Gasteiger partial charge on any atom is -0.362 e. The number of benzene rings is 3. The van der Waals surface area contributed by atoms with Crippen LogP contribution in [0.25, 0.3) is 5.57 Å². The molecule has 31 heavy (non-hydrogen) atoms. The Hall–Kier alpha value is -3.37. The fraction of sp³-hybridized carbons (Fsp3) is 0.154. The Morgan fingerprint density at radius 3 is 2.23 bits per heavy atom. The van der Waals surface area contributed by atoms with Crippen molar-refractivity contribution >= 4 is 34.7 Å². The molecule has 0 saturated heterocycles. The molecule has 2 amide bonds. The van der Waals surface area contributed by atoms with Crippen molar-refractivity contribution in [3.8, 4) is 0 Å². The maximum atomic E-state index is 13.7. The van der Waals surface area contributed by atoms with Crippen molar-refractivity contribution in [3.05, 3.63) is 106 Å². The van der Waals surface area contributed by atoms with Crippen LogP contribution in [-0.2, 0) is 22.6 Å². The lowest BCUT2D eigenvalue weighted by Crippen LogP contribution is -2.37. The standard InChI is InChI=1S/C26H21ClN2O2/c1-17-6-2-5-9-22(17)29-25(30)23(19-10-12-21(27)13-11-19)24(26(29)31)28-15-14-18-7-3-4-8-20(18)16-28/h2-13H,14-16H2,1H3. The highest BCUT2D eigenvalue weighted by atomic mass is 35.5. The van der Waals surface area contributed by atoms with Crippen LogP contribution in [0.5, 0.6) is 0 Å². The Kier molecular flexibility index (Phi) is 4.87. The number of halogens is 1. The molecule has 2 aliphatic rings. The summed E-state index contributed by atoms with van der Waals surface area (Å²) in [6.07, 6.45) is 0.833. The van der Waals surface area contributed by atoms with Crippen molar-refractivity contribution < 1.29 is 9.59 Å². The number of amides is 2. The van der Waals surface area contributed by atoms with E-state index in [1.165, 1.54) is 16.0 Å². The van der Waals surface area contributed by atoms with Crippen molar-refractivity contribution in [1.82, 2.24) is 4.90 Å². The van der Waals surface area contributed by atoms with Gasteiger partial charge in [0, 0.05) is 18.1 Å². The first-order valence-corrected chi connectivity index (χ1v) is 10.7. The predicted octanol–water partition coefficient (Wildman–Crippen LogP) is 4.99. The lowest BCUT2D eigenvalue weighted by Gasteiger charge is -2.31. The quantitative estimate of drug-likeness (QED) is 0.552. The molecule has 2 aliphatic heterocycles. The summed E-state index contributed by atoms with van der Waals surface area (Å²) < 4.78 is 0. The van der Waals surface area contributed by atoms with Gasteiger partial charge in [0.25, 0.3) is 11.8 Å². The van der Waals surface area contributed by atoms with Gasteiger partial charge in [0.2, 0.25) is 0 Å². The zero-order valence-corrected chi connectivity index (χ0v) is 17.9. The molecule has 0 saturated carbocycles. The van der Waals surface area contributed by atoms with E-state index in [0.717, 1.165) is 12.0 Å². The smallest absolute Gasteiger partial charge is 0.282 e. The third kappa shape index (κ3) is 3.33. The van der Waals surface area contributed by atoms with Crippen LogP contribution in [0, 0.1) is 6.92 Å². The SMILES string of the molecule is Cc1ccccc1N1C(=O)C(c2ccc(Cl)cc2)=C(N2CCc3ccccc3C2)C1=O. The molecular weight excluding hydrogens is 408 g/mol. The van der Waals surface area contributed by atoms with Gasteiger partial charge < -0.3 is 4.90 Å². The molecule has 0 aliphatic carbocycles. The number of anilines is 1. The number of carbonyl (C=O) groups is 2. The highest BCUT2D eigenvalue weighted by molar-refractivity contribution is 6.45. The first-order valence-electron chi connectivity index (χ1n) is 10.3. The van der Waals surface area contributed by atoms with E-state index in [2.05, 4.69) is 12.1 Å². The number of rotatable bonds is 3. The minimum atomic E-state index is -0.296. The normalized spacial score (nSPS) is 16.2. The number of imide groups is 1. The molecule has 5 rings (SSSR count). The first-order chi connectivity index (χ1) is 15.0. The molecule has 0 radical (unpaired) electrons. The highest BCUT2D eigenvalue weighted by Crippen LogP contribution is 2.37. The fourth-order valence-corrected chi connectivity index (χ4v) is 4.53. The second-order valence-corrected chi connectivity index (χ2v) is 8.34. The Morgan fingerprint density at radius 1 is 0.806 bits per heavy atom. The lowest BCUT2D eigenvalue weighted by atomic mass is 9.98. The average molecular weight is 429 g/mol. The summed E-state index contributed by atoms with van der Waals surface area (Å²) in [5, 5.41) is 0.588. The number of hydrogen-bond acceptors (Lipinski definition) is 3. The van der Waals surface area contributed by atoms with E-state index in [-0.39, 0.29) is 11.8 Å². The number of hydrogen-bond donors (Lipinski definition) is 0. The maximum absolute atomic E-state index is 13.7. The molecule has 154 valence electrons. The molecule has 0 bridgehead atoms. The summed E-state index contributed by atoms with van der Waals surface area (Å²) in [5.41, 5.74) is 5.58. The number of aryl methyl sites for hydroxylation is 1. The van der Waals surface area contributed by atoms with Crippen molar-refractivity contribution in [2.24, 2.45) is 0 Å². The fourth-order valence-electron chi connectivity index (χ4n) is 4.41. The third-order valence-electron chi connectivity index (χ3n) is 6.00. The predicted molar refractivity (Wildman–Crippen MR) is 123 cm³/mol. The number of fused-ring (bicyclic) bond motifs is 1. The van der Waals surface area contributed by atoms with Crippen molar-refractivity contribution in [1.29, 1.82) is 0 Å². The topological polar surface area (TPSA) is 40.6 Å². The molecule has 0 fully saturated rings. The van der Waals surface area contributed by atoms with Gasteiger partial charge in [0.15, 0.2) is 0 Å². The Morgan fingerprint density at radius 2 is 1.48 bits per heavy atom. The average Bonchev–Trinajstić information content (AvgIpc) is 3.04. The van der Waals surface area contributed by atoms with Crippen molar-refractivity contribution in [2.45, 2.75) is 19.9 Å². The van der Waals surface area contributed by atoms with Crippen LogP contribution in [-0.4, -0.2) is 23.3 Å². The van der Waals surface area contributed by atoms with Crippen LogP contribution in [0.2, 0.25) is 5.02 Å². The van der Waals surface area contributed by atoms with Gasteiger partial charge in [-0.25, -0.2) is 4.90 Å². The van der Waals surface area contributed by atoms with Crippen LogP contribution in [0.15, 0.2) is 78.5 Å². The largest absolute Gasteiger partial charge is 0.362 e. The minimum absolute atomic E-state index is 0.274. The maximum Gasteiger partial charge on any atom is 0.282 e. The molecule has 0 N–H and O–H groups in total. The summed E-state index contributed by atoms with van der Waals surface area (Å²) in [5.74, 6) is -0.570. The molecule has 3 aromatic carbocycles. The second-order valence-electron chi connectivity index (χ2n) is 7.90. The molecule has 3 aromatic rings. The molecule has 4 nitrogen and oxygen atoms in total. The summed E-state index contributed by atoms with van der Waals surface area (Å²) >= 11 is 6.08.